The minimum atomic E-state index is -1.25. The molecule has 1 fully saturated rings. The average Bonchev–Trinajstić information content (AvgIpc) is 2.46. The van der Waals surface area contributed by atoms with Crippen LogP contribution >= 0.6 is 0 Å². The molecule has 0 aliphatic carbocycles. The number of carboxylic acid groups (broad SMARTS) is 2. The Morgan fingerprint density at radius 2 is 2.00 bits per heavy atom. The Balaban J connectivity index is 2.78. The Labute approximate surface area is 74.7 Å². The molecular formula is C7H11NO5. The number of carbonyl (C=O) groups is 2. The third kappa shape index (κ3) is 1.72. The van der Waals surface area contributed by atoms with Gasteiger partial charge in [0, 0.05) is 7.11 Å². The quantitative estimate of drug-likeness (QED) is 0.647. The topological polar surface area (TPSA) is 87.1 Å². The normalized spacial score (nSPS) is 27.6. The van der Waals surface area contributed by atoms with Crippen LogP contribution in [0, 0.1) is 0 Å². The van der Waals surface area contributed by atoms with E-state index in [1.54, 1.807) is 0 Å². The van der Waals surface area contributed by atoms with Gasteiger partial charge >= 0.3 is 12.1 Å². The predicted molar refractivity (Wildman–Crippen MR) is 41.3 cm³/mol. The van der Waals surface area contributed by atoms with Crippen LogP contribution in [0.2, 0.25) is 0 Å². The van der Waals surface area contributed by atoms with Gasteiger partial charge in [-0.05, 0) is 12.8 Å². The van der Waals surface area contributed by atoms with Gasteiger partial charge in [0.1, 0.15) is 12.3 Å². The molecule has 0 saturated carbocycles. The second-order valence-corrected chi connectivity index (χ2v) is 2.81. The second kappa shape index (κ2) is 3.61. The van der Waals surface area contributed by atoms with E-state index in [-0.39, 0.29) is 0 Å². The summed E-state index contributed by atoms with van der Waals surface area (Å²) in [6.07, 6.45) is -1.14. The number of ether oxygens (including phenoxy) is 1. The van der Waals surface area contributed by atoms with E-state index in [2.05, 4.69) is 0 Å². The standard InChI is InChI=1S/C7H11NO5/c1-13-5-3-2-4(6(9)10)8(5)7(11)12/h4-5H,2-3H2,1H3,(H,9,10)(H,11,12)/t4-,5?/m0/s1. The third-order valence-corrected chi connectivity index (χ3v) is 2.11. The van der Waals surface area contributed by atoms with Crippen LogP contribution < -0.4 is 0 Å². The predicted octanol–water partition coefficient (Wildman–Crippen LogP) is 0.186. The van der Waals surface area contributed by atoms with Crippen molar-refractivity contribution in [2.45, 2.75) is 25.1 Å². The van der Waals surface area contributed by atoms with Crippen molar-refractivity contribution in [2.75, 3.05) is 7.11 Å². The number of likely N-dealkylation sites (tertiary alicyclic amines) is 1. The van der Waals surface area contributed by atoms with Crippen LogP contribution in [-0.2, 0) is 9.53 Å². The van der Waals surface area contributed by atoms with Gasteiger partial charge in [-0.1, -0.05) is 0 Å². The van der Waals surface area contributed by atoms with Crippen LogP contribution in [-0.4, -0.2) is 46.6 Å². The van der Waals surface area contributed by atoms with Gasteiger partial charge in [-0.15, -0.1) is 0 Å². The van der Waals surface area contributed by atoms with Gasteiger partial charge in [-0.25, -0.2) is 9.59 Å². The van der Waals surface area contributed by atoms with E-state index in [1.807, 2.05) is 0 Å². The Bertz CT molecular complexity index is 229. The Morgan fingerprint density at radius 3 is 2.38 bits per heavy atom. The van der Waals surface area contributed by atoms with Crippen molar-refractivity contribution < 1.29 is 24.5 Å². The van der Waals surface area contributed by atoms with Crippen molar-refractivity contribution >= 4 is 12.1 Å². The molecule has 6 heteroatoms. The summed E-state index contributed by atoms with van der Waals surface area (Å²) in [5, 5.41) is 17.4. The first-order valence-electron chi connectivity index (χ1n) is 3.84. The summed E-state index contributed by atoms with van der Waals surface area (Å²) in [4.78, 5) is 22.1. The van der Waals surface area contributed by atoms with Gasteiger partial charge < -0.3 is 14.9 Å². The molecule has 0 aromatic heterocycles. The molecule has 0 aromatic rings. The van der Waals surface area contributed by atoms with E-state index in [0.29, 0.717) is 12.8 Å². The van der Waals surface area contributed by atoms with Gasteiger partial charge in [0.25, 0.3) is 0 Å². The smallest absolute Gasteiger partial charge is 0.410 e. The molecule has 0 aromatic carbocycles. The monoisotopic (exact) mass is 189 g/mol. The van der Waals surface area contributed by atoms with E-state index in [1.165, 1.54) is 7.11 Å². The molecule has 0 bridgehead atoms. The Morgan fingerprint density at radius 1 is 1.38 bits per heavy atom. The lowest BCUT2D eigenvalue weighted by Gasteiger charge is -2.23. The molecule has 74 valence electrons. The van der Waals surface area contributed by atoms with Gasteiger partial charge in [0.15, 0.2) is 0 Å². The van der Waals surface area contributed by atoms with E-state index in [4.69, 9.17) is 14.9 Å². The first-order chi connectivity index (χ1) is 6.07. The maximum Gasteiger partial charge on any atom is 0.410 e. The van der Waals surface area contributed by atoms with Crippen LogP contribution in [0.15, 0.2) is 0 Å². The fraction of sp³-hybridized carbons (Fsp3) is 0.714. The summed E-state index contributed by atoms with van der Waals surface area (Å²) >= 11 is 0. The number of methoxy groups -OCH3 is 1. The maximum absolute atomic E-state index is 10.7. The number of aliphatic carboxylic acids is 1. The molecule has 1 saturated heterocycles. The lowest BCUT2D eigenvalue weighted by Crippen LogP contribution is -2.44. The van der Waals surface area contributed by atoms with Crippen molar-refractivity contribution in [2.24, 2.45) is 0 Å². The second-order valence-electron chi connectivity index (χ2n) is 2.81. The molecule has 6 nitrogen and oxygen atoms in total. The van der Waals surface area contributed by atoms with Crippen molar-refractivity contribution in [3.8, 4) is 0 Å². The third-order valence-electron chi connectivity index (χ3n) is 2.11. The highest BCUT2D eigenvalue weighted by Gasteiger charge is 2.41. The number of hydrogen-bond donors (Lipinski definition) is 2. The first kappa shape index (κ1) is 9.79. The fourth-order valence-corrected chi connectivity index (χ4v) is 1.51. The average molecular weight is 189 g/mol. The van der Waals surface area contributed by atoms with Crippen molar-refractivity contribution in [1.82, 2.24) is 4.90 Å². The van der Waals surface area contributed by atoms with Crippen LogP contribution in [0.5, 0.6) is 0 Å². The molecule has 1 amide bonds. The highest BCUT2D eigenvalue weighted by atomic mass is 16.5. The number of hydrogen-bond acceptors (Lipinski definition) is 3. The number of amides is 1. The molecule has 0 spiro atoms. The highest BCUT2D eigenvalue weighted by molar-refractivity contribution is 5.80. The summed E-state index contributed by atoms with van der Waals surface area (Å²) in [5.74, 6) is -1.12. The number of rotatable bonds is 2. The van der Waals surface area contributed by atoms with Crippen LogP contribution in [0.1, 0.15) is 12.8 Å². The highest BCUT2D eigenvalue weighted by Crippen LogP contribution is 2.24. The molecule has 2 N–H and O–H groups in total. The number of nitrogens with zero attached hydrogens (tertiary/aromatic N) is 1. The van der Waals surface area contributed by atoms with Gasteiger partial charge in [0.05, 0.1) is 0 Å². The molecule has 2 atom stereocenters. The Kier molecular flexibility index (Phi) is 2.72. The van der Waals surface area contributed by atoms with E-state index in [0.717, 1.165) is 4.90 Å². The largest absolute Gasteiger partial charge is 0.480 e. The fourth-order valence-electron chi connectivity index (χ4n) is 1.51. The van der Waals surface area contributed by atoms with Crippen molar-refractivity contribution in [1.29, 1.82) is 0 Å². The minimum Gasteiger partial charge on any atom is -0.480 e. The summed E-state index contributed by atoms with van der Waals surface area (Å²) in [5.41, 5.74) is 0. The lowest BCUT2D eigenvalue weighted by atomic mass is 10.2. The SMILES string of the molecule is COC1CC[C@@H](C(=O)O)N1C(=O)O. The van der Waals surface area contributed by atoms with E-state index < -0.39 is 24.3 Å². The molecule has 1 aliphatic rings. The van der Waals surface area contributed by atoms with E-state index in [9.17, 15) is 9.59 Å². The zero-order valence-electron chi connectivity index (χ0n) is 7.14. The summed E-state index contributed by atoms with van der Waals surface area (Å²) < 4.78 is 4.85. The zero-order valence-corrected chi connectivity index (χ0v) is 7.14. The van der Waals surface area contributed by atoms with Crippen LogP contribution in [0.25, 0.3) is 0 Å². The zero-order chi connectivity index (χ0) is 10.0. The summed E-state index contributed by atoms with van der Waals surface area (Å²) in [7, 11) is 1.37. The molecule has 1 unspecified atom stereocenters. The summed E-state index contributed by atoms with van der Waals surface area (Å²) in [6, 6.07) is -0.970. The molecule has 1 aliphatic heterocycles. The minimum absolute atomic E-state index is 0.306. The van der Waals surface area contributed by atoms with Crippen LogP contribution in [0.4, 0.5) is 4.79 Å². The van der Waals surface area contributed by atoms with Gasteiger partial charge in [0.2, 0.25) is 0 Å². The van der Waals surface area contributed by atoms with Crippen molar-refractivity contribution in [3.63, 3.8) is 0 Å². The molecular weight excluding hydrogens is 178 g/mol. The lowest BCUT2D eigenvalue weighted by molar-refractivity contribution is -0.143. The molecule has 0 radical (unpaired) electrons. The van der Waals surface area contributed by atoms with Gasteiger partial charge in [-0.2, -0.15) is 0 Å². The summed E-state index contributed by atoms with van der Waals surface area (Å²) in [6.45, 7) is 0. The van der Waals surface area contributed by atoms with Crippen LogP contribution in [0.3, 0.4) is 0 Å². The van der Waals surface area contributed by atoms with Gasteiger partial charge in [-0.3, -0.25) is 4.90 Å². The maximum atomic E-state index is 10.7. The van der Waals surface area contributed by atoms with E-state index >= 15 is 0 Å². The molecule has 13 heavy (non-hydrogen) atoms. The Hall–Kier alpha value is -1.30. The first-order valence-corrected chi connectivity index (χ1v) is 3.84. The number of carboxylic acids is 1. The molecule has 1 heterocycles. The van der Waals surface area contributed by atoms with Crippen molar-refractivity contribution in [3.05, 3.63) is 0 Å². The molecule has 1 rings (SSSR count).